The maximum atomic E-state index is 12.5. The normalized spacial score (nSPS) is 17.8. The van der Waals surface area contributed by atoms with E-state index in [2.05, 4.69) is 0 Å². The molecule has 1 amide bonds. The van der Waals surface area contributed by atoms with Gasteiger partial charge in [-0.3, -0.25) is 14.4 Å². The molecule has 2 aromatic rings. The molecule has 1 heterocycles. The molecule has 0 unspecified atom stereocenters. The highest BCUT2D eigenvalue weighted by atomic mass is 16.5. The van der Waals surface area contributed by atoms with Gasteiger partial charge in [0.2, 0.25) is 5.91 Å². The SMILES string of the molecule is CC(=O)c1ccccc1OC(=O)[C@H]1CC(=O)N([C@H](C)c2ccccc2)C1. The van der Waals surface area contributed by atoms with Crippen molar-refractivity contribution in [3.05, 3.63) is 65.7 Å². The molecule has 3 rings (SSSR count). The Morgan fingerprint density at radius 1 is 1.08 bits per heavy atom. The van der Waals surface area contributed by atoms with E-state index in [9.17, 15) is 14.4 Å². The van der Waals surface area contributed by atoms with Crippen molar-refractivity contribution in [2.24, 2.45) is 5.92 Å². The number of hydrogen-bond donors (Lipinski definition) is 0. The summed E-state index contributed by atoms with van der Waals surface area (Å²) >= 11 is 0. The molecule has 0 bridgehead atoms. The third-order valence-corrected chi connectivity index (χ3v) is 4.72. The van der Waals surface area contributed by atoms with Crippen molar-refractivity contribution in [2.75, 3.05) is 6.54 Å². The van der Waals surface area contributed by atoms with Gasteiger partial charge in [-0.2, -0.15) is 0 Å². The molecule has 2 atom stereocenters. The Kier molecular flexibility index (Phi) is 5.16. The van der Waals surface area contributed by atoms with Gasteiger partial charge in [-0.15, -0.1) is 0 Å². The Hall–Kier alpha value is -2.95. The van der Waals surface area contributed by atoms with Crippen LogP contribution in [-0.2, 0) is 9.59 Å². The van der Waals surface area contributed by atoms with Gasteiger partial charge in [0.1, 0.15) is 5.75 Å². The molecule has 26 heavy (non-hydrogen) atoms. The number of ketones is 1. The standard InChI is InChI=1S/C21H21NO4/c1-14(16-8-4-3-5-9-16)22-13-17(12-20(22)24)21(25)26-19-11-7-6-10-18(19)15(2)23/h3-11,14,17H,12-13H2,1-2H3/t14-,17+/m1/s1. The van der Waals surface area contributed by atoms with Crippen LogP contribution in [-0.4, -0.2) is 29.1 Å². The van der Waals surface area contributed by atoms with E-state index in [1.807, 2.05) is 37.3 Å². The molecule has 1 aliphatic rings. The average Bonchev–Trinajstić information content (AvgIpc) is 3.04. The predicted octanol–water partition coefficient (Wildman–Crippen LogP) is 3.40. The zero-order valence-corrected chi connectivity index (χ0v) is 14.8. The van der Waals surface area contributed by atoms with Crippen molar-refractivity contribution in [3.8, 4) is 5.75 Å². The second kappa shape index (κ2) is 7.52. The van der Waals surface area contributed by atoms with Crippen LogP contribution < -0.4 is 4.74 Å². The summed E-state index contributed by atoms with van der Waals surface area (Å²) < 4.78 is 5.43. The van der Waals surface area contributed by atoms with Crippen molar-refractivity contribution >= 4 is 17.7 Å². The first-order chi connectivity index (χ1) is 12.5. The Morgan fingerprint density at radius 2 is 1.73 bits per heavy atom. The van der Waals surface area contributed by atoms with E-state index in [4.69, 9.17) is 4.74 Å². The summed E-state index contributed by atoms with van der Waals surface area (Å²) in [6, 6.07) is 16.2. The predicted molar refractivity (Wildman–Crippen MR) is 96.8 cm³/mol. The molecular weight excluding hydrogens is 330 g/mol. The molecule has 0 aliphatic carbocycles. The number of amides is 1. The van der Waals surface area contributed by atoms with Crippen LogP contribution in [0.5, 0.6) is 5.75 Å². The molecule has 0 N–H and O–H groups in total. The molecule has 1 saturated heterocycles. The molecule has 0 spiro atoms. The lowest BCUT2D eigenvalue weighted by atomic mass is 10.1. The fourth-order valence-corrected chi connectivity index (χ4v) is 3.21. The van der Waals surface area contributed by atoms with Crippen LogP contribution in [0.2, 0.25) is 0 Å². The molecule has 134 valence electrons. The van der Waals surface area contributed by atoms with E-state index in [0.29, 0.717) is 12.1 Å². The van der Waals surface area contributed by atoms with Crippen molar-refractivity contribution in [1.82, 2.24) is 4.90 Å². The number of benzene rings is 2. The number of esters is 1. The minimum absolute atomic E-state index is 0.0665. The van der Waals surface area contributed by atoms with Crippen molar-refractivity contribution in [2.45, 2.75) is 26.3 Å². The highest BCUT2D eigenvalue weighted by Crippen LogP contribution is 2.30. The summed E-state index contributed by atoms with van der Waals surface area (Å²) in [7, 11) is 0. The lowest BCUT2D eigenvalue weighted by Gasteiger charge is -2.25. The smallest absolute Gasteiger partial charge is 0.316 e. The molecule has 0 saturated carbocycles. The minimum atomic E-state index is -0.534. The molecule has 0 radical (unpaired) electrons. The number of ether oxygens (including phenoxy) is 1. The van der Waals surface area contributed by atoms with Crippen LogP contribution in [0.1, 0.15) is 42.2 Å². The van der Waals surface area contributed by atoms with E-state index < -0.39 is 11.9 Å². The lowest BCUT2D eigenvalue weighted by molar-refractivity contribution is -0.139. The summed E-state index contributed by atoms with van der Waals surface area (Å²) in [6.45, 7) is 3.69. The van der Waals surface area contributed by atoms with E-state index >= 15 is 0 Å². The summed E-state index contributed by atoms with van der Waals surface area (Å²) in [4.78, 5) is 38.3. The molecule has 1 fully saturated rings. The second-order valence-corrected chi connectivity index (χ2v) is 6.51. The van der Waals surface area contributed by atoms with Crippen LogP contribution in [0.4, 0.5) is 0 Å². The summed E-state index contributed by atoms with van der Waals surface area (Å²) in [5.74, 6) is -1.01. The maximum Gasteiger partial charge on any atom is 0.316 e. The number of para-hydroxylation sites is 1. The molecular formula is C21H21NO4. The monoisotopic (exact) mass is 351 g/mol. The molecule has 5 nitrogen and oxygen atoms in total. The third-order valence-electron chi connectivity index (χ3n) is 4.72. The number of likely N-dealkylation sites (tertiary alicyclic amines) is 1. The van der Waals surface area contributed by atoms with Crippen LogP contribution in [0, 0.1) is 5.92 Å². The Morgan fingerprint density at radius 3 is 2.42 bits per heavy atom. The van der Waals surface area contributed by atoms with E-state index in [1.54, 1.807) is 29.2 Å². The number of rotatable bonds is 5. The van der Waals surface area contributed by atoms with E-state index in [0.717, 1.165) is 5.56 Å². The first kappa shape index (κ1) is 17.9. The van der Waals surface area contributed by atoms with Gasteiger partial charge >= 0.3 is 5.97 Å². The summed E-state index contributed by atoms with van der Waals surface area (Å²) in [5, 5.41) is 0. The fraction of sp³-hybridized carbons (Fsp3) is 0.286. The quantitative estimate of drug-likeness (QED) is 0.470. The van der Waals surface area contributed by atoms with Crippen LogP contribution in [0.3, 0.4) is 0 Å². The highest BCUT2D eigenvalue weighted by molar-refractivity contribution is 5.98. The Bertz CT molecular complexity index is 831. The number of hydrogen-bond acceptors (Lipinski definition) is 4. The van der Waals surface area contributed by atoms with Crippen molar-refractivity contribution in [1.29, 1.82) is 0 Å². The van der Waals surface area contributed by atoms with Gasteiger partial charge in [-0.05, 0) is 31.5 Å². The van der Waals surface area contributed by atoms with Crippen LogP contribution >= 0.6 is 0 Å². The average molecular weight is 351 g/mol. The van der Waals surface area contributed by atoms with Gasteiger partial charge in [0, 0.05) is 13.0 Å². The Labute approximate surface area is 152 Å². The zero-order valence-electron chi connectivity index (χ0n) is 14.8. The number of carbonyl (C=O) groups excluding carboxylic acids is 3. The first-order valence-corrected chi connectivity index (χ1v) is 8.63. The van der Waals surface area contributed by atoms with Gasteiger partial charge in [0.05, 0.1) is 17.5 Å². The van der Waals surface area contributed by atoms with Gasteiger partial charge in [0.15, 0.2) is 5.78 Å². The van der Waals surface area contributed by atoms with E-state index in [1.165, 1.54) is 6.92 Å². The second-order valence-electron chi connectivity index (χ2n) is 6.51. The summed E-state index contributed by atoms with van der Waals surface area (Å²) in [5.41, 5.74) is 1.39. The maximum absolute atomic E-state index is 12.5. The minimum Gasteiger partial charge on any atom is -0.425 e. The van der Waals surface area contributed by atoms with Gasteiger partial charge in [0.25, 0.3) is 0 Å². The van der Waals surface area contributed by atoms with Crippen LogP contribution in [0.25, 0.3) is 0 Å². The topological polar surface area (TPSA) is 63.7 Å². The lowest BCUT2D eigenvalue weighted by Crippen LogP contribution is -2.30. The van der Waals surface area contributed by atoms with Gasteiger partial charge in [-0.25, -0.2) is 0 Å². The number of carbonyl (C=O) groups is 3. The first-order valence-electron chi connectivity index (χ1n) is 8.63. The third kappa shape index (κ3) is 3.67. The molecule has 1 aliphatic heterocycles. The van der Waals surface area contributed by atoms with Crippen molar-refractivity contribution < 1.29 is 19.1 Å². The number of Topliss-reactive ketones (excluding diaryl/α,β-unsaturated/α-hetero) is 1. The van der Waals surface area contributed by atoms with Gasteiger partial charge in [-0.1, -0.05) is 42.5 Å². The van der Waals surface area contributed by atoms with E-state index in [-0.39, 0.29) is 29.9 Å². The number of nitrogens with zero attached hydrogens (tertiary/aromatic N) is 1. The fourth-order valence-electron chi connectivity index (χ4n) is 3.21. The highest BCUT2D eigenvalue weighted by Gasteiger charge is 2.38. The van der Waals surface area contributed by atoms with Gasteiger partial charge < -0.3 is 9.64 Å². The van der Waals surface area contributed by atoms with Crippen molar-refractivity contribution in [3.63, 3.8) is 0 Å². The summed E-state index contributed by atoms with van der Waals surface area (Å²) in [6.07, 6.45) is 0.123. The zero-order chi connectivity index (χ0) is 18.7. The molecule has 2 aromatic carbocycles. The molecule has 5 heteroatoms. The Balaban J connectivity index is 1.71. The molecule has 0 aromatic heterocycles. The van der Waals surface area contributed by atoms with Crippen LogP contribution in [0.15, 0.2) is 54.6 Å². The largest absolute Gasteiger partial charge is 0.425 e.